The number of thioether (sulfide) groups is 1. The molecule has 196 valence electrons. The number of nitrogens with zero attached hydrogens (tertiary/aromatic N) is 5. The van der Waals surface area contributed by atoms with Crippen molar-refractivity contribution in [2.45, 2.75) is 48.0 Å². The fourth-order valence-corrected chi connectivity index (χ4v) is 5.46. The molecule has 2 aliphatic heterocycles. The lowest BCUT2D eigenvalue weighted by molar-refractivity contribution is -0.135. The van der Waals surface area contributed by atoms with E-state index >= 15 is 0 Å². The molecule has 1 aromatic heterocycles. The predicted octanol–water partition coefficient (Wildman–Crippen LogP) is 1.94. The summed E-state index contributed by atoms with van der Waals surface area (Å²) in [6.45, 7) is 2.53. The van der Waals surface area contributed by atoms with E-state index < -0.39 is 24.4 Å². The zero-order valence-electron chi connectivity index (χ0n) is 20.3. The van der Waals surface area contributed by atoms with Crippen LogP contribution < -0.4 is 4.90 Å². The standard InChI is InChI=1S/C26H30FN5O4S/c27-18-6-8-20(9-7-18)30-10-12-31(13-11-30)24(33)14-22-25(34)26(35)23(36-22)16-32-15-19(28-29-32)17-37-21-4-2-1-3-5-21/h1-9,15,22-23,25-26,34-35H,10-14,16-17H2. The number of amides is 1. The molecule has 3 aromatic rings. The Morgan fingerprint density at radius 3 is 2.43 bits per heavy atom. The molecular weight excluding hydrogens is 497 g/mol. The number of aromatic nitrogens is 3. The Morgan fingerprint density at radius 1 is 1.00 bits per heavy atom. The summed E-state index contributed by atoms with van der Waals surface area (Å²) < 4.78 is 20.7. The van der Waals surface area contributed by atoms with Gasteiger partial charge < -0.3 is 24.7 Å². The number of carbonyl (C=O) groups excluding carboxylic acids is 1. The van der Waals surface area contributed by atoms with Gasteiger partial charge in [-0.3, -0.25) is 4.79 Å². The van der Waals surface area contributed by atoms with Crippen molar-refractivity contribution in [3.63, 3.8) is 0 Å². The van der Waals surface area contributed by atoms with Crippen molar-refractivity contribution in [3.05, 3.63) is 72.3 Å². The number of hydrogen-bond acceptors (Lipinski definition) is 8. The predicted molar refractivity (Wildman–Crippen MR) is 137 cm³/mol. The Kier molecular flexibility index (Phi) is 8.04. The smallest absolute Gasteiger partial charge is 0.225 e. The average molecular weight is 528 g/mol. The topological polar surface area (TPSA) is 104 Å². The molecule has 0 bridgehead atoms. The summed E-state index contributed by atoms with van der Waals surface area (Å²) in [5, 5.41) is 29.4. The lowest BCUT2D eigenvalue weighted by Gasteiger charge is -2.36. The maximum absolute atomic E-state index is 13.2. The fraction of sp³-hybridized carbons (Fsp3) is 0.423. The van der Waals surface area contributed by atoms with Gasteiger partial charge in [0.1, 0.15) is 24.1 Å². The van der Waals surface area contributed by atoms with Crippen LogP contribution in [0.5, 0.6) is 0 Å². The number of aliphatic hydroxyl groups is 2. The summed E-state index contributed by atoms with van der Waals surface area (Å²) in [6, 6.07) is 16.3. The second kappa shape index (κ2) is 11.6. The SMILES string of the molecule is O=C(CC1OC(Cn2cc(CSc3ccccc3)nn2)C(O)C1O)N1CCN(c2ccc(F)cc2)CC1. The van der Waals surface area contributed by atoms with Gasteiger partial charge in [-0.2, -0.15) is 0 Å². The zero-order valence-corrected chi connectivity index (χ0v) is 21.1. The molecule has 37 heavy (non-hydrogen) atoms. The second-order valence-electron chi connectivity index (χ2n) is 9.28. The molecule has 2 N–H and O–H groups in total. The zero-order chi connectivity index (χ0) is 25.8. The van der Waals surface area contributed by atoms with Crippen LogP contribution in [0.25, 0.3) is 0 Å². The van der Waals surface area contributed by atoms with Crippen molar-refractivity contribution >= 4 is 23.4 Å². The molecule has 9 nitrogen and oxygen atoms in total. The van der Waals surface area contributed by atoms with Gasteiger partial charge in [-0.1, -0.05) is 23.4 Å². The normalized spacial score (nSPS) is 24.0. The Balaban J connectivity index is 1.10. The number of anilines is 1. The van der Waals surface area contributed by atoms with E-state index in [4.69, 9.17) is 4.74 Å². The lowest BCUT2D eigenvalue weighted by atomic mass is 10.0. The van der Waals surface area contributed by atoms with E-state index in [1.54, 1.807) is 39.7 Å². The third-order valence-electron chi connectivity index (χ3n) is 6.74. The number of hydrogen-bond donors (Lipinski definition) is 2. The first-order chi connectivity index (χ1) is 18.0. The van der Waals surface area contributed by atoms with Gasteiger partial charge in [-0.05, 0) is 36.4 Å². The van der Waals surface area contributed by atoms with Gasteiger partial charge >= 0.3 is 0 Å². The van der Waals surface area contributed by atoms with Gasteiger partial charge in [0.05, 0.1) is 24.8 Å². The number of aliphatic hydroxyl groups excluding tert-OH is 2. The van der Waals surface area contributed by atoms with Gasteiger partial charge in [-0.25, -0.2) is 9.07 Å². The minimum absolute atomic E-state index is 0.0123. The molecule has 0 saturated carbocycles. The summed E-state index contributed by atoms with van der Waals surface area (Å²) in [5.41, 5.74) is 1.72. The molecule has 3 heterocycles. The van der Waals surface area contributed by atoms with E-state index in [0.29, 0.717) is 31.9 Å². The first kappa shape index (κ1) is 25.7. The highest BCUT2D eigenvalue weighted by molar-refractivity contribution is 7.98. The minimum atomic E-state index is -1.16. The van der Waals surface area contributed by atoms with Crippen molar-refractivity contribution < 1.29 is 24.1 Å². The van der Waals surface area contributed by atoms with Gasteiger partial charge in [-0.15, -0.1) is 16.9 Å². The molecule has 5 rings (SSSR count). The number of benzene rings is 2. The highest BCUT2D eigenvalue weighted by Crippen LogP contribution is 2.27. The van der Waals surface area contributed by atoms with Crippen LogP contribution in [-0.4, -0.2) is 86.6 Å². The van der Waals surface area contributed by atoms with E-state index in [9.17, 15) is 19.4 Å². The first-order valence-electron chi connectivity index (χ1n) is 12.3. The van der Waals surface area contributed by atoms with Crippen LogP contribution in [0.2, 0.25) is 0 Å². The third kappa shape index (κ3) is 6.30. The molecule has 0 aliphatic carbocycles. The molecule has 4 atom stereocenters. The van der Waals surface area contributed by atoms with Gasteiger partial charge in [0, 0.05) is 48.7 Å². The van der Waals surface area contributed by atoms with Crippen molar-refractivity contribution in [2.75, 3.05) is 31.1 Å². The summed E-state index contributed by atoms with van der Waals surface area (Å²) in [6.07, 6.45) is -1.98. The highest BCUT2D eigenvalue weighted by Gasteiger charge is 2.44. The summed E-state index contributed by atoms with van der Waals surface area (Å²) in [4.78, 5) is 17.9. The molecule has 4 unspecified atom stereocenters. The minimum Gasteiger partial charge on any atom is -0.388 e. The van der Waals surface area contributed by atoms with Crippen LogP contribution in [0.15, 0.2) is 65.7 Å². The Morgan fingerprint density at radius 2 is 1.70 bits per heavy atom. The Labute approximate surface area is 218 Å². The summed E-state index contributed by atoms with van der Waals surface area (Å²) in [5.74, 6) is 0.253. The van der Waals surface area contributed by atoms with E-state index in [0.717, 1.165) is 16.3 Å². The molecule has 0 radical (unpaired) electrons. The van der Waals surface area contributed by atoms with E-state index in [2.05, 4.69) is 15.2 Å². The maximum atomic E-state index is 13.2. The van der Waals surface area contributed by atoms with Crippen molar-refractivity contribution in [2.24, 2.45) is 0 Å². The van der Waals surface area contributed by atoms with Gasteiger partial charge in [0.25, 0.3) is 0 Å². The number of ether oxygens (including phenoxy) is 1. The number of rotatable bonds is 8. The van der Waals surface area contributed by atoms with Crippen LogP contribution in [0.4, 0.5) is 10.1 Å². The first-order valence-corrected chi connectivity index (χ1v) is 13.3. The number of piperazine rings is 1. The second-order valence-corrected chi connectivity index (χ2v) is 10.3. The molecule has 11 heteroatoms. The Hall–Kier alpha value is -2.99. The largest absolute Gasteiger partial charge is 0.388 e. The van der Waals surface area contributed by atoms with Crippen LogP contribution in [0.1, 0.15) is 12.1 Å². The van der Waals surface area contributed by atoms with E-state index in [1.807, 2.05) is 30.3 Å². The third-order valence-corrected chi connectivity index (χ3v) is 7.79. The van der Waals surface area contributed by atoms with Gasteiger partial charge in [0.15, 0.2) is 0 Å². The van der Waals surface area contributed by atoms with Crippen LogP contribution in [0, 0.1) is 5.82 Å². The van der Waals surface area contributed by atoms with Gasteiger partial charge in [0.2, 0.25) is 5.91 Å². The molecule has 2 saturated heterocycles. The average Bonchev–Trinajstić information content (AvgIpc) is 3.48. The lowest BCUT2D eigenvalue weighted by Crippen LogP contribution is -2.49. The van der Waals surface area contributed by atoms with E-state index in [1.165, 1.54) is 12.1 Å². The molecule has 2 aromatic carbocycles. The molecule has 1 amide bonds. The Bertz CT molecular complexity index is 1170. The van der Waals surface area contributed by atoms with Crippen molar-refractivity contribution in [1.29, 1.82) is 0 Å². The summed E-state index contributed by atoms with van der Waals surface area (Å²) >= 11 is 1.65. The molecule has 2 fully saturated rings. The quantitative estimate of drug-likeness (QED) is 0.429. The molecule has 0 spiro atoms. The molecular formula is C26H30FN5O4S. The van der Waals surface area contributed by atoms with Crippen LogP contribution in [0.3, 0.4) is 0 Å². The van der Waals surface area contributed by atoms with Crippen LogP contribution >= 0.6 is 11.8 Å². The number of halogens is 1. The highest BCUT2D eigenvalue weighted by atomic mass is 32.2. The summed E-state index contributed by atoms with van der Waals surface area (Å²) in [7, 11) is 0. The monoisotopic (exact) mass is 527 g/mol. The number of carbonyl (C=O) groups is 1. The van der Waals surface area contributed by atoms with Crippen molar-refractivity contribution in [1.82, 2.24) is 19.9 Å². The van der Waals surface area contributed by atoms with E-state index in [-0.39, 0.29) is 24.7 Å². The molecule has 2 aliphatic rings. The maximum Gasteiger partial charge on any atom is 0.225 e. The fourth-order valence-electron chi connectivity index (χ4n) is 4.66. The van der Waals surface area contributed by atoms with Crippen LogP contribution in [-0.2, 0) is 21.8 Å². The van der Waals surface area contributed by atoms with Crippen molar-refractivity contribution in [3.8, 4) is 0 Å².